The second kappa shape index (κ2) is 7.42. The van der Waals surface area contributed by atoms with Crippen molar-refractivity contribution in [2.75, 3.05) is 13.1 Å². The Morgan fingerprint density at radius 3 is 2.68 bits per heavy atom. The number of halogens is 3. The maximum absolute atomic E-state index is 13.4. The van der Waals surface area contributed by atoms with Gasteiger partial charge in [0.05, 0.1) is 10.6 Å². The lowest BCUT2D eigenvalue weighted by Crippen LogP contribution is -2.42. The topological polar surface area (TPSA) is 79.7 Å². The van der Waals surface area contributed by atoms with Crippen LogP contribution < -0.4 is 0 Å². The first-order valence-corrected chi connectivity index (χ1v) is 10.1. The van der Waals surface area contributed by atoms with Gasteiger partial charge in [0, 0.05) is 55.0 Å². The average Bonchev–Trinajstić information content (AvgIpc) is 3.43. The molecular formula is C21H17ClF2N6O. The van der Waals surface area contributed by atoms with Gasteiger partial charge in [-0.25, -0.2) is 18.7 Å². The number of H-pyrrole nitrogens is 1. The highest BCUT2D eigenvalue weighted by atomic mass is 35.5. The van der Waals surface area contributed by atoms with Crippen LogP contribution in [-0.2, 0) is 0 Å². The van der Waals surface area contributed by atoms with Gasteiger partial charge in [0.15, 0.2) is 5.82 Å². The molecule has 5 rings (SSSR count). The van der Waals surface area contributed by atoms with Gasteiger partial charge in [-0.15, -0.1) is 0 Å². The Labute approximate surface area is 180 Å². The Bertz CT molecular complexity index is 1260. The van der Waals surface area contributed by atoms with Crippen molar-refractivity contribution in [3.05, 3.63) is 59.6 Å². The van der Waals surface area contributed by atoms with Crippen molar-refractivity contribution in [1.29, 1.82) is 0 Å². The number of piperidine rings is 1. The Morgan fingerprint density at radius 1 is 1.13 bits per heavy atom. The molecule has 0 radical (unpaired) electrons. The fourth-order valence-electron chi connectivity index (χ4n) is 3.75. The highest BCUT2D eigenvalue weighted by Gasteiger charge is 2.35. The summed E-state index contributed by atoms with van der Waals surface area (Å²) in [6.07, 6.45) is 4.12. The Morgan fingerprint density at radius 2 is 1.94 bits per heavy atom. The van der Waals surface area contributed by atoms with Gasteiger partial charge in [0.25, 0.3) is 11.8 Å². The number of pyridine rings is 1. The molecule has 0 atom stereocenters. The van der Waals surface area contributed by atoms with E-state index in [9.17, 15) is 13.6 Å². The lowest BCUT2D eigenvalue weighted by atomic mass is 10.1. The molecule has 0 spiro atoms. The number of hydrogen-bond donors (Lipinski definition) is 1. The highest BCUT2D eigenvalue weighted by molar-refractivity contribution is 6.33. The molecule has 1 saturated heterocycles. The number of benzene rings is 1. The summed E-state index contributed by atoms with van der Waals surface area (Å²) in [6.45, 7) is 0.0835. The standard InChI is InChI=1S/C21H17ClF2N6O/c22-17-2-1-15(10-16(17)18-26-12-27-28-18)30-6-3-13-9-14(11-25-19(13)30)20(31)29-7-4-21(23,24)5-8-29/h1-3,6,9-12H,4-5,7-8H2,(H,26,27,28). The van der Waals surface area contributed by atoms with Gasteiger partial charge in [-0.05, 0) is 30.3 Å². The summed E-state index contributed by atoms with van der Waals surface area (Å²) >= 11 is 6.31. The molecule has 158 valence electrons. The van der Waals surface area contributed by atoms with Crippen LogP contribution in [-0.4, -0.2) is 54.6 Å². The number of nitrogens with one attached hydrogen (secondary N) is 1. The number of likely N-dealkylation sites (tertiary alicyclic amines) is 1. The van der Waals surface area contributed by atoms with Crippen molar-refractivity contribution >= 4 is 28.5 Å². The van der Waals surface area contributed by atoms with E-state index in [1.165, 1.54) is 17.4 Å². The smallest absolute Gasteiger partial charge is 0.255 e. The summed E-state index contributed by atoms with van der Waals surface area (Å²) in [4.78, 5) is 22.8. The van der Waals surface area contributed by atoms with Gasteiger partial charge < -0.3 is 9.47 Å². The lowest BCUT2D eigenvalue weighted by molar-refractivity contribution is -0.0494. The second-order valence-electron chi connectivity index (χ2n) is 7.47. The van der Waals surface area contributed by atoms with E-state index >= 15 is 0 Å². The number of alkyl halides is 2. The zero-order valence-electron chi connectivity index (χ0n) is 16.2. The summed E-state index contributed by atoms with van der Waals surface area (Å²) in [5, 5.41) is 7.96. The monoisotopic (exact) mass is 442 g/mol. The number of carbonyl (C=O) groups is 1. The molecule has 3 aromatic heterocycles. The summed E-state index contributed by atoms with van der Waals surface area (Å²) in [5.74, 6) is -2.42. The molecule has 1 fully saturated rings. The lowest BCUT2D eigenvalue weighted by Gasteiger charge is -2.31. The minimum absolute atomic E-state index is 0.0417. The third-order valence-corrected chi connectivity index (χ3v) is 5.78. The Kier molecular flexibility index (Phi) is 4.70. The minimum Gasteiger partial charge on any atom is -0.338 e. The number of aromatic nitrogens is 5. The highest BCUT2D eigenvalue weighted by Crippen LogP contribution is 2.30. The summed E-state index contributed by atoms with van der Waals surface area (Å²) in [5.41, 5.74) is 2.56. The molecule has 4 aromatic rings. The fraction of sp³-hybridized carbons (Fsp3) is 0.238. The minimum atomic E-state index is -2.70. The molecule has 0 bridgehead atoms. The molecule has 0 aliphatic carbocycles. The van der Waals surface area contributed by atoms with Crippen molar-refractivity contribution in [3.8, 4) is 17.1 Å². The van der Waals surface area contributed by atoms with E-state index in [4.69, 9.17) is 11.6 Å². The fourth-order valence-corrected chi connectivity index (χ4v) is 3.96. The number of hydrogen-bond acceptors (Lipinski definition) is 4. The molecule has 1 aliphatic rings. The third kappa shape index (κ3) is 3.65. The molecule has 7 nitrogen and oxygen atoms in total. The molecule has 1 N–H and O–H groups in total. The summed E-state index contributed by atoms with van der Waals surface area (Å²) in [6, 6.07) is 9.09. The molecule has 0 saturated carbocycles. The number of carbonyl (C=O) groups excluding carboxylic acids is 1. The van der Waals surface area contributed by atoms with Crippen LogP contribution in [0, 0.1) is 0 Å². The predicted molar refractivity (Wildman–Crippen MR) is 112 cm³/mol. The van der Waals surface area contributed by atoms with Crippen LogP contribution in [0.3, 0.4) is 0 Å². The van der Waals surface area contributed by atoms with E-state index in [0.717, 1.165) is 11.1 Å². The van der Waals surface area contributed by atoms with Crippen LogP contribution in [0.1, 0.15) is 23.2 Å². The first kappa shape index (κ1) is 19.6. The summed E-state index contributed by atoms with van der Waals surface area (Å²) in [7, 11) is 0. The van der Waals surface area contributed by atoms with Crippen LogP contribution in [0.15, 0.2) is 49.1 Å². The van der Waals surface area contributed by atoms with Crippen molar-refractivity contribution in [2.45, 2.75) is 18.8 Å². The molecule has 10 heteroatoms. The Hall–Kier alpha value is -3.33. The first-order valence-electron chi connectivity index (χ1n) is 9.71. The SMILES string of the molecule is O=C(c1cnc2c(ccn2-c2ccc(Cl)c(-c3ncn[nH]3)c2)c1)N1CCC(F)(F)CC1. The van der Waals surface area contributed by atoms with Crippen molar-refractivity contribution < 1.29 is 13.6 Å². The van der Waals surface area contributed by atoms with E-state index < -0.39 is 5.92 Å². The van der Waals surface area contributed by atoms with Gasteiger partial charge in [0.1, 0.15) is 12.0 Å². The largest absolute Gasteiger partial charge is 0.338 e. The van der Waals surface area contributed by atoms with E-state index in [0.29, 0.717) is 27.6 Å². The van der Waals surface area contributed by atoms with Gasteiger partial charge in [-0.1, -0.05) is 11.6 Å². The maximum atomic E-state index is 13.4. The number of rotatable bonds is 3. The second-order valence-corrected chi connectivity index (χ2v) is 7.88. The predicted octanol–water partition coefficient (Wildman–Crippen LogP) is 4.34. The molecule has 0 unspecified atom stereocenters. The molecule has 4 heterocycles. The van der Waals surface area contributed by atoms with Crippen molar-refractivity contribution in [3.63, 3.8) is 0 Å². The third-order valence-electron chi connectivity index (χ3n) is 5.45. The molecule has 1 aromatic carbocycles. The molecule has 1 amide bonds. The number of amides is 1. The van der Waals surface area contributed by atoms with Gasteiger partial charge in [0.2, 0.25) is 0 Å². The van der Waals surface area contributed by atoms with Gasteiger partial charge >= 0.3 is 0 Å². The summed E-state index contributed by atoms with van der Waals surface area (Å²) < 4.78 is 28.7. The zero-order chi connectivity index (χ0) is 21.6. The maximum Gasteiger partial charge on any atom is 0.255 e. The van der Waals surface area contributed by atoms with E-state index in [-0.39, 0.29) is 31.8 Å². The number of nitrogens with zero attached hydrogens (tertiary/aromatic N) is 5. The van der Waals surface area contributed by atoms with Crippen LogP contribution >= 0.6 is 11.6 Å². The van der Waals surface area contributed by atoms with Crippen LogP contribution in [0.25, 0.3) is 28.1 Å². The van der Waals surface area contributed by atoms with E-state index in [1.54, 1.807) is 12.1 Å². The van der Waals surface area contributed by atoms with Crippen LogP contribution in [0.2, 0.25) is 5.02 Å². The van der Waals surface area contributed by atoms with E-state index in [2.05, 4.69) is 20.2 Å². The van der Waals surface area contributed by atoms with Gasteiger partial charge in [-0.2, -0.15) is 5.10 Å². The average molecular weight is 443 g/mol. The van der Waals surface area contributed by atoms with Crippen LogP contribution in [0.4, 0.5) is 8.78 Å². The molecular weight excluding hydrogens is 426 g/mol. The Balaban J connectivity index is 1.45. The first-order chi connectivity index (χ1) is 14.9. The molecule has 31 heavy (non-hydrogen) atoms. The molecule has 1 aliphatic heterocycles. The number of aromatic amines is 1. The van der Waals surface area contributed by atoms with Crippen molar-refractivity contribution in [2.24, 2.45) is 0 Å². The van der Waals surface area contributed by atoms with Crippen LogP contribution in [0.5, 0.6) is 0 Å². The normalized spacial score (nSPS) is 16.0. The number of fused-ring (bicyclic) bond motifs is 1. The van der Waals surface area contributed by atoms with Gasteiger partial charge in [-0.3, -0.25) is 9.89 Å². The quantitative estimate of drug-likeness (QED) is 0.512. The zero-order valence-corrected chi connectivity index (χ0v) is 17.0. The van der Waals surface area contributed by atoms with E-state index in [1.807, 2.05) is 29.0 Å². The van der Waals surface area contributed by atoms with Crippen molar-refractivity contribution in [1.82, 2.24) is 29.6 Å².